The van der Waals surface area contributed by atoms with E-state index in [0.717, 1.165) is 10.5 Å². The van der Waals surface area contributed by atoms with Crippen molar-refractivity contribution < 1.29 is 26.4 Å². The molecule has 0 bridgehead atoms. The van der Waals surface area contributed by atoms with E-state index in [-0.39, 0.29) is 30.4 Å². The number of rotatable bonds is 6. The third-order valence-corrected chi connectivity index (χ3v) is 6.36. The molecule has 3 rings (SSSR count). The Labute approximate surface area is 179 Å². The number of nitrogens with one attached hydrogen (secondary N) is 2. The monoisotopic (exact) mass is 455 g/mol. The maximum absolute atomic E-state index is 12.9. The minimum absolute atomic E-state index is 0.0217. The van der Waals surface area contributed by atoms with Crippen LogP contribution in [0.2, 0.25) is 0 Å². The van der Waals surface area contributed by atoms with Gasteiger partial charge in [0.1, 0.15) is 0 Å². The molecule has 2 aromatic carbocycles. The van der Waals surface area contributed by atoms with Crippen LogP contribution in [0.3, 0.4) is 0 Å². The molecular weight excluding hydrogens is 431 g/mol. The van der Waals surface area contributed by atoms with Gasteiger partial charge in [0.05, 0.1) is 10.6 Å². The molecule has 31 heavy (non-hydrogen) atoms. The van der Waals surface area contributed by atoms with Crippen molar-refractivity contribution in [2.24, 2.45) is 0 Å². The average Bonchev–Trinajstić information content (AvgIpc) is 2.70. The van der Waals surface area contributed by atoms with Crippen LogP contribution in [-0.2, 0) is 34.3 Å². The van der Waals surface area contributed by atoms with E-state index in [1.54, 1.807) is 12.1 Å². The van der Waals surface area contributed by atoms with E-state index in [9.17, 15) is 26.4 Å². The lowest BCUT2D eigenvalue weighted by Crippen LogP contribution is -2.43. The summed E-state index contributed by atoms with van der Waals surface area (Å²) < 4.78 is 66.5. The normalized spacial score (nSPS) is 14.5. The van der Waals surface area contributed by atoms with Gasteiger partial charge in [0.2, 0.25) is 0 Å². The maximum Gasteiger partial charge on any atom is 0.471 e. The van der Waals surface area contributed by atoms with Crippen molar-refractivity contribution in [1.29, 1.82) is 0 Å². The van der Waals surface area contributed by atoms with Crippen LogP contribution in [0.4, 0.5) is 18.9 Å². The van der Waals surface area contributed by atoms with Crippen molar-refractivity contribution in [3.05, 3.63) is 59.2 Å². The van der Waals surface area contributed by atoms with E-state index >= 15 is 0 Å². The number of sulfonamides is 1. The second kappa shape index (κ2) is 8.88. The van der Waals surface area contributed by atoms with Gasteiger partial charge in [-0.3, -0.25) is 9.52 Å². The van der Waals surface area contributed by atoms with Gasteiger partial charge < -0.3 is 10.2 Å². The molecule has 2 aromatic rings. The Morgan fingerprint density at radius 2 is 1.84 bits per heavy atom. The summed E-state index contributed by atoms with van der Waals surface area (Å²) in [5, 5.41) is 3.25. The smallest absolute Gasteiger partial charge is 0.330 e. The van der Waals surface area contributed by atoms with Gasteiger partial charge in [-0.05, 0) is 41.3 Å². The highest BCUT2D eigenvalue weighted by Gasteiger charge is 2.43. The van der Waals surface area contributed by atoms with E-state index in [4.69, 9.17) is 0 Å². The molecule has 0 saturated heterocycles. The zero-order chi connectivity index (χ0) is 22.8. The lowest BCUT2D eigenvalue weighted by molar-refractivity contribution is -0.186. The molecule has 0 aliphatic carbocycles. The predicted octanol–water partition coefficient (Wildman–Crippen LogP) is 3.43. The molecule has 10 heteroatoms. The number of para-hydroxylation sites is 1. The third-order valence-electron chi connectivity index (χ3n) is 4.99. The zero-order valence-electron chi connectivity index (χ0n) is 17.2. The number of halogens is 3. The van der Waals surface area contributed by atoms with Crippen molar-refractivity contribution in [2.75, 3.05) is 11.3 Å². The van der Waals surface area contributed by atoms with Crippen LogP contribution in [0.15, 0.2) is 47.4 Å². The van der Waals surface area contributed by atoms with Crippen LogP contribution in [0.1, 0.15) is 30.5 Å². The summed E-state index contributed by atoms with van der Waals surface area (Å²) in [6, 6.07) is 11.6. The van der Waals surface area contributed by atoms with E-state index < -0.39 is 22.1 Å². The van der Waals surface area contributed by atoms with Crippen molar-refractivity contribution in [1.82, 2.24) is 10.2 Å². The highest BCUT2D eigenvalue weighted by molar-refractivity contribution is 7.92. The van der Waals surface area contributed by atoms with Gasteiger partial charge in [-0.25, -0.2) is 8.42 Å². The SMILES string of the molecule is CC(C)NCc1ccccc1NS(=O)(=O)c1ccc2c(c1)CCN(C(=O)C(F)(F)F)C2. The van der Waals surface area contributed by atoms with Crippen molar-refractivity contribution in [3.8, 4) is 0 Å². The Kier molecular flexibility index (Phi) is 6.61. The largest absolute Gasteiger partial charge is 0.471 e. The molecule has 0 fully saturated rings. The summed E-state index contributed by atoms with van der Waals surface area (Å²) in [5.74, 6) is -1.89. The first-order valence-electron chi connectivity index (χ1n) is 9.79. The number of alkyl halides is 3. The Balaban J connectivity index is 1.80. The maximum atomic E-state index is 12.9. The minimum Gasteiger partial charge on any atom is -0.330 e. The first-order chi connectivity index (χ1) is 14.5. The molecule has 1 heterocycles. The molecule has 0 aromatic heterocycles. The van der Waals surface area contributed by atoms with Crippen LogP contribution >= 0.6 is 0 Å². The van der Waals surface area contributed by atoms with Gasteiger partial charge >= 0.3 is 12.1 Å². The lowest BCUT2D eigenvalue weighted by atomic mass is 10.00. The summed E-state index contributed by atoms with van der Waals surface area (Å²) in [6.45, 7) is 4.15. The van der Waals surface area contributed by atoms with Crippen molar-refractivity contribution >= 4 is 21.6 Å². The highest BCUT2D eigenvalue weighted by atomic mass is 32.2. The van der Waals surface area contributed by atoms with Gasteiger partial charge in [-0.15, -0.1) is 0 Å². The summed E-state index contributed by atoms with van der Waals surface area (Å²) in [5.41, 5.74) is 2.36. The molecule has 0 saturated carbocycles. The van der Waals surface area contributed by atoms with Crippen LogP contribution in [0.5, 0.6) is 0 Å². The highest BCUT2D eigenvalue weighted by Crippen LogP contribution is 2.27. The van der Waals surface area contributed by atoms with Crippen LogP contribution in [-0.4, -0.2) is 38.0 Å². The average molecular weight is 456 g/mol. The van der Waals surface area contributed by atoms with E-state index in [2.05, 4.69) is 10.0 Å². The second-order valence-corrected chi connectivity index (χ2v) is 9.39. The number of amides is 1. The number of hydrogen-bond acceptors (Lipinski definition) is 4. The fourth-order valence-corrected chi connectivity index (χ4v) is 4.49. The number of anilines is 1. The van der Waals surface area contributed by atoms with E-state index in [1.807, 2.05) is 26.0 Å². The number of fused-ring (bicyclic) bond motifs is 1. The number of nitrogens with zero attached hydrogens (tertiary/aromatic N) is 1. The number of carbonyl (C=O) groups excluding carboxylic acids is 1. The van der Waals surface area contributed by atoms with E-state index in [0.29, 0.717) is 23.4 Å². The van der Waals surface area contributed by atoms with Gasteiger partial charge in [0.15, 0.2) is 0 Å². The molecule has 2 N–H and O–H groups in total. The van der Waals surface area contributed by atoms with Crippen LogP contribution < -0.4 is 10.0 Å². The Morgan fingerprint density at radius 1 is 1.13 bits per heavy atom. The van der Waals surface area contributed by atoms with Gasteiger partial charge in [0.25, 0.3) is 10.0 Å². The molecule has 0 unspecified atom stereocenters. The molecule has 168 valence electrons. The first-order valence-corrected chi connectivity index (χ1v) is 11.3. The van der Waals surface area contributed by atoms with Crippen LogP contribution in [0.25, 0.3) is 0 Å². The van der Waals surface area contributed by atoms with Gasteiger partial charge in [-0.2, -0.15) is 13.2 Å². The number of benzene rings is 2. The summed E-state index contributed by atoms with van der Waals surface area (Å²) in [4.78, 5) is 12.2. The summed E-state index contributed by atoms with van der Waals surface area (Å²) in [6.07, 6.45) is -4.78. The molecule has 0 radical (unpaired) electrons. The molecule has 0 atom stereocenters. The quantitative estimate of drug-likeness (QED) is 0.700. The first kappa shape index (κ1) is 23.1. The van der Waals surface area contributed by atoms with Crippen molar-refractivity contribution in [3.63, 3.8) is 0 Å². The zero-order valence-corrected chi connectivity index (χ0v) is 18.0. The molecule has 0 spiro atoms. The minimum atomic E-state index is -4.93. The Morgan fingerprint density at radius 3 is 2.52 bits per heavy atom. The molecule has 1 aliphatic heterocycles. The Hall–Kier alpha value is -2.59. The number of hydrogen-bond donors (Lipinski definition) is 2. The standard InChI is InChI=1S/C21H24F3N3O3S/c1-14(2)25-12-16-5-3-4-6-19(16)26-31(29,30)18-8-7-17-13-27(10-9-15(17)11-18)20(28)21(22,23)24/h3-8,11,14,25-26H,9-10,12-13H2,1-2H3. The number of carbonyl (C=O) groups is 1. The third kappa shape index (κ3) is 5.56. The molecular formula is C21H24F3N3O3S. The van der Waals surface area contributed by atoms with E-state index in [1.165, 1.54) is 18.2 Å². The lowest BCUT2D eigenvalue weighted by Gasteiger charge is -2.29. The second-order valence-electron chi connectivity index (χ2n) is 7.70. The summed E-state index contributed by atoms with van der Waals surface area (Å²) >= 11 is 0. The van der Waals surface area contributed by atoms with Gasteiger partial charge in [0, 0.05) is 25.7 Å². The fourth-order valence-electron chi connectivity index (χ4n) is 3.34. The van der Waals surface area contributed by atoms with Gasteiger partial charge in [-0.1, -0.05) is 38.1 Å². The predicted molar refractivity (Wildman–Crippen MR) is 111 cm³/mol. The topological polar surface area (TPSA) is 78.5 Å². The fraction of sp³-hybridized carbons (Fsp3) is 0.381. The molecule has 1 amide bonds. The Bertz CT molecular complexity index is 1070. The summed E-state index contributed by atoms with van der Waals surface area (Å²) in [7, 11) is -3.90. The van der Waals surface area contributed by atoms with Crippen LogP contribution in [0, 0.1) is 0 Å². The van der Waals surface area contributed by atoms with Crippen molar-refractivity contribution in [2.45, 2.75) is 50.5 Å². The molecule has 1 aliphatic rings. The molecule has 6 nitrogen and oxygen atoms in total.